The smallest absolute Gasteiger partial charge is 0.382 e. The number of hydrogen-bond acceptors (Lipinski definition) is 3. The Labute approximate surface area is 73.9 Å². The number of rotatable bonds is 0. The van der Waals surface area contributed by atoms with E-state index >= 15 is 0 Å². The third kappa shape index (κ3) is 1.84. The Balaban J connectivity index is 3.23. The van der Waals surface area contributed by atoms with Crippen molar-refractivity contribution >= 4 is 21.7 Å². The predicted octanol–water partition coefficient (Wildman–Crippen LogP) is 1.84. The minimum atomic E-state index is -4.55. The van der Waals surface area contributed by atoms with Gasteiger partial charge in [-0.3, -0.25) is 0 Å². The zero-order valence-electron chi connectivity index (χ0n) is 5.56. The van der Waals surface area contributed by atoms with Gasteiger partial charge in [0.25, 0.3) is 0 Å². The van der Waals surface area contributed by atoms with Crippen LogP contribution >= 0.6 is 15.9 Å². The molecule has 1 rings (SSSR count). The fourth-order valence-electron chi connectivity index (χ4n) is 0.586. The molecule has 0 bridgehead atoms. The van der Waals surface area contributed by atoms with Crippen molar-refractivity contribution in [3.05, 3.63) is 16.5 Å². The molecular weight excluding hydrogens is 239 g/mol. The normalized spacial score (nSPS) is 11.7. The Hall–Kier alpha value is -0.850. The Bertz CT molecular complexity index is 298. The Morgan fingerprint density at radius 2 is 2.00 bits per heavy atom. The van der Waals surface area contributed by atoms with E-state index in [1.165, 1.54) is 0 Å². The van der Waals surface area contributed by atoms with Crippen LogP contribution in [-0.4, -0.2) is 9.97 Å². The van der Waals surface area contributed by atoms with Crippen molar-refractivity contribution in [2.24, 2.45) is 0 Å². The van der Waals surface area contributed by atoms with E-state index < -0.39 is 17.7 Å². The van der Waals surface area contributed by atoms with Gasteiger partial charge >= 0.3 is 6.18 Å². The number of nitrogen functional groups attached to an aromatic ring is 1. The van der Waals surface area contributed by atoms with Gasteiger partial charge in [-0.05, 0) is 15.9 Å². The summed E-state index contributed by atoms with van der Waals surface area (Å²) in [6.07, 6.45) is -3.45. The lowest BCUT2D eigenvalue weighted by Gasteiger charge is -2.06. The summed E-state index contributed by atoms with van der Waals surface area (Å²) in [5.41, 5.74) is 3.79. The lowest BCUT2D eigenvalue weighted by atomic mass is 10.4. The van der Waals surface area contributed by atoms with Crippen molar-refractivity contribution in [1.29, 1.82) is 0 Å². The molecular formula is C5H3BrF3N3. The fraction of sp³-hybridized carbons (Fsp3) is 0.200. The van der Waals surface area contributed by atoms with E-state index in [1.54, 1.807) is 0 Å². The molecule has 0 radical (unpaired) electrons. The fourth-order valence-corrected chi connectivity index (χ4v) is 0.865. The van der Waals surface area contributed by atoms with E-state index in [0.717, 1.165) is 6.20 Å². The summed E-state index contributed by atoms with van der Waals surface area (Å²) in [7, 11) is 0. The van der Waals surface area contributed by atoms with E-state index in [2.05, 4.69) is 25.9 Å². The zero-order valence-corrected chi connectivity index (χ0v) is 7.15. The summed E-state index contributed by atoms with van der Waals surface area (Å²) in [5.74, 6) is -0.620. The Kier molecular flexibility index (Phi) is 2.22. The van der Waals surface area contributed by atoms with Crippen molar-refractivity contribution in [1.82, 2.24) is 9.97 Å². The molecule has 2 N–H and O–H groups in total. The highest BCUT2D eigenvalue weighted by Crippen LogP contribution is 2.31. The standard InChI is InChI=1S/C5H3BrF3N3/c6-2-1-11-4(10)3(12-2)5(7,8)9/h1H,(H2,10,11). The first-order valence-corrected chi connectivity index (χ1v) is 3.56. The summed E-state index contributed by atoms with van der Waals surface area (Å²) >= 11 is 2.76. The number of anilines is 1. The average Bonchev–Trinajstić information content (AvgIpc) is 1.92. The molecule has 0 aliphatic rings. The monoisotopic (exact) mass is 241 g/mol. The molecule has 0 fully saturated rings. The minimum absolute atomic E-state index is 0.00373. The number of aromatic nitrogens is 2. The van der Waals surface area contributed by atoms with Crippen LogP contribution in [0.5, 0.6) is 0 Å². The molecule has 0 amide bonds. The summed E-state index contributed by atoms with van der Waals surface area (Å²) in [6, 6.07) is 0. The first-order valence-electron chi connectivity index (χ1n) is 2.76. The lowest BCUT2D eigenvalue weighted by Crippen LogP contribution is -2.12. The first kappa shape index (κ1) is 9.24. The van der Waals surface area contributed by atoms with E-state index in [1.807, 2.05) is 0 Å². The number of alkyl halides is 3. The molecule has 0 aliphatic carbocycles. The van der Waals surface area contributed by atoms with Gasteiger partial charge in [0.1, 0.15) is 4.60 Å². The predicted molar refractivity (Wildman–Crippen MR) is 39.1 cm³/mol. The maximum absolute atomic E-state index is 12.0. The van der Waals surface area contributed by atoms with Crippen LogP contribution in [0.1, 0.15) is 5.69 Å². The number of halogens is 4. The zero-order chi connectivity index (χ0) is 9.35. The third-order valence-corrected chi connectivity index (χ3v) is 1.42. The van der Waals surface area contributed by atoms with Crippen LogP contribution in [0.3, 0.4) is 0 Å². The van der Waals surface area contributed by atoms with E-state index in [9.17, 15) is 13.2 Å². The molecule has 1 heterocycles. The number of hydrogen-bond donors (Lipinski definition) is 1. The van der Waals surface area contributed by atoms with E-state index in [-0.39, 0.29) is 4.60 Å². The molecule has 3 nitrogen and oxygen atoms in total. The van der Waals surface area contributed by atoms with Crippen LogP contribution in [-0.2, 0) is 6.18 Å². The molecule has 1 aromatic rings. The van der Waals surface area contributed by atoms with Gasteiger partial charge in [-0.25, -0.2) is 9.97 Å². The van der Waals surface area contributed by atoms with Gasteiger partial charge in [0, 0.05) is 0 Å². The van der Waals surface area contributed by atoms with Gasteiger partial charge in [0.05, 0.1) is 6.20 Å². The van der Waals surface area contributed by atoms with Gasteiger partial charge in [-0.2, -0.15) is 13.2 Å². The molecule has 0 atom stereocenters. The van der Waals surface area contributed by atoms with Crippen LogP contribution in [0.4, 0.5) is 19.0 Å². The van der Waals surface area contributed by atoms with Crippen LogP contribution in [0, 0.1) is 0 Å². The molecule has 1 aromatic heterocycles. The molecule has 0 saturated heterocycles. The van der Waals surface area contributed by atoms with Gasteiger partial charge in [0.2, 0.25) is 0 Å². The summed E-state index contributed by atoms with van der Waals surface area (Å²) in [5, 5.41) is 0. The Morgan fingerprint density at radius 1 is 1.42 bits per heavy atom. The summed E-state index contributed by atoms with van der Waals surface area (Å²) in [4.78, 5) is 6.44. The highest BCUT2D eigenvalue weighted by atomic mass is 79.9. The maximum Gasteiger partial charge on any atom is 0.437 e. The molecule has 0 unspecified atom stereocenters. The highest BCUT2D eigenvalue weighted by molar-refractivity contribution is 9.10. The quantitative estimate of drug-likeness (QED) is 0.755. The molecule has 0 aliphatic heterocycles. The van der Waals surface area contributed by atoms with Crippen molar-refractivity contribution in [3.63, 3.8) is 0 Å². The maximum atomic E-state index is 12.0. The van der Waals surface area contributed by atoms with E-state index in [4.69, 9.17) is 5.73 Å². The van der Waals surface area contributed by atoms with Crippen LogP contribution in [0.25, 0.3) is 0 Å². The van der Waals surface area contributed by atoms with Crippen molar-refractivity contribution in [3.8, 4) is 0 Å². The molecule has 7 heteroatoms. The van der Waals surface area contributed by atoms with Crippen LogP contribution in [0.15, 0.2) is 10.8 Å². The second-order valence-corrected chi connectivity index (χ2v) is 2.74. The minimum Gasteiger partial charge on any atom is -0.382 e. The number of nitrogens with two attached hydrogens (primary N) is 1. The topological polar surface area (TPSA) is 51.8 Å². The Morgan fingerprint density at radius 3 is 2.42 bits per heavy atom. The van der Waals surface area contributed by atoms with Crippen molar-refractivity contribution in [2.75, 3.05) is 5.73 Å². The van der Waals surface area contributed by atoms with Gasteiger partial charge in [0.15, 0.2) is 11.5 Å². The molecule has 12 heavy (non-hydrogen) atoms. The van der Waals surface area contributed by atoms with Crippen molar-refractivity contribution in [2.45, 2.75) is 6.18 Å². The second kappa shape index (κ2) is 2.89. The van der Waals surface area contributed by atoms with Gasteiger partial charge < -0.3 is 5.73 Å². The SMILES string of the molecule is Nc1ncc(Br)nc1C(F)(F)F. The van der Waals surface area contributed by atoms with Crippen LogP contribution < -0.4 is 5.73 Å². The summed E-state index contributed by atoms with van der Waals surface area (Å²) in [6.45, 7) is 0. The van der Waals surface area contributed by atoms with Gasteiger partial charge in [-0.1, -0.05) is 0 Å². The third-order valence-electron chi connectivity index (χ3n) is 1.04. The lowest BCUT2D eigenvalue weighted by molar-refractivity contribution is -0.140. The van der Waals surface area contributed by atoms with E-state index in [0.29, 0.717) is 0 Å². The molecule has 0 spiro atoms. The van der Waals surface area contributed by atoms with Gasteiger partial charge in [-0.15, -0.1) is 0 Å². The number of nitrogens with zero attached hydrogens (tertiary/aromatic N) is 2. The van der Waals surface area contributed by atoms with Crippen molar-refractivity contribution < 1.29 is 13.2 Å². The van der Waals surface area contributed by atoms with Crippen LogP contribution in [0.2, 0.25) is 0 Å². The molecule has 66 valence electrons. The average molecular weight is 242 g/mol. The second-order valence-electron chi connectivity index (χ2n) is 1.92. The first-order chi connectivity index (χ1) is 5.41. The highest BCUT2D eigenvalue weighted by Gasteiger charge is 2.35. The molecule has 0 aromatic carbocycles. The molecule has 0 saturated carbocycles. The largest absolute Gasteiger partial charge is 0.437 e. The summed E-state index contributed by atoms with van der Waals surface area (Å²) < 4.78 is 36.1.